The molecule has 0 aliphatic heterocycles. The maximum absolute atomic E-state index is 10.3. The van der Waals surface area contributed by atoms with Crippen LogP contribution in [0.15, 0.2) is 24.3 Å². The van der Waals surface area contributed by atoms with E-state index < -0.39 is 0 Å². The molecule has 0 spiro atoms. The number of carbonyl (C=O) groups excluding carboxylic acids is 1. The monoisotopic (exact) mass is 164 g/mol. The minimum absolute atomic E-state index is 0.711. The lowest BCUT2D eigenvalue weighted by atomic mass is 10.1. The molecule has 0 heterocycles. The first-order chi connectivity index (χ1) is 5.86. The Balaban J connectivity index is 2.58. The third kappa shape index (κ3) is 2.45. The Morgan fingerprint density at radius 3 is 2.50 bits per heavy atom. The fourth-order valence-electron chi connectivity index (χ4n) is 0.905. The normalized spacial score (nSPS) is 9.75. The van der Waals surface area contributed by atoms with Crippen molar-refractivity contribution < 1.29 is 4.79 Å². The molecule has 3 heteroatoms. The molecule has 64 valence electrons. The van der Waals surface area contributed by atoms with Gasteiger partial charge in [0.2, 0.25) is 0 Å². The Hall–Kier alpha value is -1.19. The van der Waals surface area contributed by atoms with Crippen LogP contribution in [-0.4, -0.2) is 13.3 Å². The summed E-state index contributed by atoms with van der Waals surface area (Å²) in [6.45, 7) is 0.760. The van der Waals surface area contributed by atoms with E-state index in [0.29, 0.717) is 5.56 Å². The lowest BCUT2D eigenvalue weighted by Crippen LogP contribution is -2.26. The predicted molar refractivity (Wildman–Crippen MR) is 47.7 cm³/mol. The molecule has 2 N–H and O–H groups in total. The molecule has 0 aromatic heterocycles. The molecule has 3 nitrogen and oxygen atoms in total. The summed E-state index contributed by atoms with van der Waals surface area (Å²) in [5.74, 6) is 0. The Bertz CT molecular complexity index is 243. The fourth-order valence-corrected chi connectivity index (χ4v) is 0.905. The first-order valence-corrected chi connectivity index (χ1v) is 3.80. The van der Waals surface area contributed by atoms with Crippen LogP contribution < -0.4 is 10.9 Å². The van der Waals surface area contributed by atoms with Crippen molar-refractivity contribution in [1.82, 2.24) is 10.9 Å². The zero-order chi connectivity index (χ0) is 8.81. The molecular formula is C9H12N2O. The molecule has 0 unspecified atom stereocenters. The molecule has 1 aromatic rings. The number of hydrogen-bond donors (Lipinski definition) is 2. The Morgan fingerprint density at radius 2 is 2.00 bits per heavy atom. The van der Waals surface area contributed by atoms with Gasteiger partial charge in [-0.15, -0.1) is 0 Å². The van der Waals surface area contributed by atoms with Crippen LogP contribution in [0.5, 0.6) is 0 Å². The lowest BCUT2D eigenvalue weighted by Gasteiger charge is -2.01. The Labute approximate surface area is 71.8 Å². The highest BCUT2D eigenvalue weighted by molar-refractivity contribution is 5.74. The van der Waals surface area contributed by atoms with Gasteiger partial charge in [-0.1, -0.05) is 24.3 Å². The average Bonchev–Trinajstić information content (AvgIpc) is 2.15. The Kier molecular flexibility index (Phi) is 3.44. The third-order valence-corrected chi connectivity index (χ3v) is 1.59. The number of nitrogens with one attached hydrogen (secondary N) is 2. The first-order valence-electron chi connectivity index (χ1n) is 3.80. The van der Waals surface area contributed by atoms with Crippen LogP contribution >= 0.6 is 0 Å². The van der Waals surface area contributed by atoms with Gasteiger partial charge in [0, 0.05) is 12.1 Å². The number of benzene rings is 1. The highest BCUT2D eigenvalue weighted by Gasteiger charge is 1.91. The molecule has 0 bridgehead atoms. The summed E-state index contributed by atoms with van der Waals surface area (Å²) in [5, 5.41) is 0. The van der Waals surface area contributed by atoms with E-state index in [1.807, 2.05) is 19.2 Å². The number of aldehydes is 1. The van der Waals surface area contributed by atoms with Crippen LogP contribution in [0.25, 0.3) is 0 Å². The van der Waals surface area contributed by atoms with E-state index >= 15 is 0 Å². The summed E-state index contributed by atoms with van der Waals surface area (Å²) in [7, 11) is 1.82. The molecule has 0 atom stereocenters. The second-order valence-corrected chi connectivity index (χ2v) is 2.46. The highest BCUT2D eigenvalue weighted by Crippen LogP contribution is 2.01. The SMILES string of the molecule is CNNCc1ccc(C=O)cc1. The van der Waals surface area contributed by atoms with E-state index in [1.165, 1.54) is 0 Å². The predicted octanol–water partition coefficient (Wildman–Crippen LogP) is 0.723. The van der Waals surface area contributed by atoms with E-state index in [9.17, 15) is 4.79 Å². The smallest absolute Gasteiger partial charge is 0.150 e. The van der Waals surface area contributed by atoms with Crippen LogP contribution in [0.4, 0.5) is 0 Å². The van der Waals surface area contributed by atoms with Gasteiger partial charge in [0.15, 0.2) is 0 Å². The zero-order valence-corrected chi connectivity index (χ0v) is 7.00. The lowest BCUT2D eigenvalue weighted by molar-refractivity contribution is 0.112. The largest absolute Gasteiger partial charge is 0.298 e. The number of hydrazine groups is 1. The molecule has 0 fully saturated rings. The van der Waals surface area contributed by atoms with Gasteiger partial charge >= 0.3 is 0 Å². The maximum Gasteiger partial charge on any atom is 0.150 e. The van der Waals surface area contributed by atoms with Gasteiger partial charge < -0.3 is 0 Å². The Morgan fingerprint density at radius 1 is 1.33 bits per heavy atom. The van der Waals surface area contributed by atoms with Crippen molar-refractivity contribution in [3.63, 3.8) is 0 Å². The molecule has 12 heavy (non-hydrogen) atoms. The zero-order valence-electron chi connectivity index (χ0n) is 7.00. The second kappa shape index (κ2) is 4.64. The molecule has 0 radical (unpaired) electrons. The maximum atomic E-state index is 10.3. The van der Waals surface area contributed by atoms with Crippen molar-refractivity contribution in [2.45, 2.75) is 6.54 Å². The average molecular weight is 164 g/mol. The number of hydrogen-bond acceptors (Lipinski definition) is 3. The van der Waals surface area contributed by atoms with Crippen LogP contribution in [0.1, 0.15) is 15.9 Å². The minimum Gasteiger partial charge on any atom is -0.298 e. The molecule has 1 aromatic carbocycles. The number of rotatable bonds is 4. The van der Waals surface area contributed by atoms with E-state index in [1.54, 1.807) is 12.1 Å². The van der Waals surface area contributed by atoms with Crippen molar-refractivity contribution in [3.05, 3.63) is 35.4 Å². The highest BCUT2D eigenvalue weighted by atomic mass is 16.1. The van der Waals surface area contributed by atoms with Crippen molar-refractivity contribution in [2.75, 3.05) is 7.05 Å². The summed E-state index contributed by atoms with van der Waals surface area (Å²) in [6, 6.07) is 7.46. The van der Waals surface area contributed by atoms with E-state index in [2.05, 4.69) is 10.9 Å². The summed E-state index contributed by atoms with van der Waals surface area (Å²) in [5.41, 5.74) is 7.65. The van der Waals surface area contributed by atoms with Crippen molar-refractivity contribution >= 4 is 6.29 Å². The summed E-state index contributed by atoms with van der Waals surface area (Å²) in [4.78, 5) is 10.3. The first kappa shape index (κ1) is 8.90. The van der Waals surface area contributed by atoms with Gasteiger partial charge in [-0.3, -0.25) is 15.6 Å². The van der Waals surface area contributed by atoms with Crippen molar-refractivity contribution in [1.29, 1.82) is 0 Å². The van der Waals surface area contributed by atoms with Gasteiger partial charge in [-0.2, -0.15) is 0 Å². The fraction of sp³-hybridized carbons (Fsp3) is 0.222. The van der Waals surface area contributed by atoms with Gasteiger partial charge in [-0.05, 0) is 12.6 Å². The van der Waals surface area contributed by atoms with Crippen molar-refractivity contribution in [2.24, 2.45) is 0 Å². The topological polar surface area (TPSA) is 41.1 Å². The van der Waals surface area contributed by atoms with E-state index in [-0.39, 0.29) is 0 Å². The summed E-state index contributed by atoms with van der Waals surface area (Å²) < 4.78 is 0. The molecule has 0 aliphatic rings. The molecule has 0 aliphatic carbocycles. The molecule has 0 saturated heterocycles. The molecule has 0 amide bonds. The third-order valence-electron chi connectivity index (χ3n) is 1.59. The second-order valence-electron chi connectivity index (χ2n) is 2.46. The summed E-state index contributed by atoms with van der Waals surface area (Å²) in [6.07, 6.45) is 0.843. The van der Waals surface area contributed by atoms with Gasteiger partial charge in [0.1, 0.15) is 6.29 Å². The number of carbonyl (C=O) groups is 1. The van der Waals surface area contributed by atoms with Gasteiger partial charge in [0.05, 0.1) is 0 Å². The molecule has 0 saturated carbocycles. The molecule has 1 rings (SSSR count). The van der Waals surface area contributed by atoms with Crippen LogP contribution in [0, 0.1) is 0 Å². The van der Waals surface area contributed by atoms with E-state index in [4.69, 9.17) is 0 Å². The van der Waals surface area contributed by atoms with Gasteiger partial charge in [0.25, 0.3) is 0 Å². The van der Waals surface area contributed by atoms with E-state index in [0.717, 1.165) is 18.4 Å². The molecular weight excluding hydrogens is 152 g/mol. The van der Waals surface area contributed by atoms with Crippen LogP contribution in [0.2, 0.25) is 0 Å². The quantitative estimate of drug-likeness (QED) is 0.509. The minimum atomic E-state index is 0.711. The van der Waals surface area contributed by atoms with Crippen LogP contribution in [-0.2, 0) is 6.54 Å². The van der Waals surface area contributed by atoms with Gasteiger partial charge in [-0.25, -0.2) is 0 Å². The standard InChI is InChI=1S/C9H12N2O/c1-10-11-6-8-2-4-9(7-12)5-3-8/h2-5,7,10-11H,6H2,1H3. The van der Waals surface area contributed by atoms with Crippen LogP contribution in [0.3, 0.4) is 0 Å². The van der Waals surface area contributed by atoms with Crippen molar-refractivity contribution in [3.8, 4) is 0 Å². The summed E-state index contributed by atoms with van der Waals surface area (Å²) >= 11 is 0.